The second-order valence-electron chi connectivity index (χ2n) is 7.40. The van der Waals surface area contributed by atoms with Crippen LogP contribution in [0.15, 0.2) is 78.0 Å². The molecular weight excluding hydrogens is 454 g/mol. The van der Waals surface area contributed by atoms with Crippen molar-refractivity contribution in [2.24, 2.45) is 0 Å². The zero-order valence-corrected chi connectivity index (χ0v) is 20.0. The summed E-state index contributed by atoms with van der Waals surface area (Å²) in [5, 5.41) is 2.89. The highest BCUT2D eigenvalue weighted by Crippen LogP contribution is 2.25. The molecule has 1 heterocycles. The van der Waals surface area contributed by atoms with Crippen molar-refractivity contribution in [3.05, 3.63) is 89.8 Å². The van der Waals surface area contributed by atoms with Gasteiger partial charge in [0.1, 0.15) is 23.0 Å². The predicted octanol–water partition coefficient (Wildman–Crippen LogP) is 3.47. The Balaban J connectivity index is 1.59. The van der Waals surface area contributed by atoms with Gasteiger partial charge in [0.05, 0.1) is 13.2 Å². The van der Waals surface area contributed by atoms with Crippen molar-refractivity contribution < 1.29 is 22.7 Å². The predicted molar refractivity (Wildman–Crippen MR) is 130 cm³/mol. The third kappa shape index (κ3) is 6.66. The zero-order chi connectivity index (χ0) is 24.6. The molecule has 0 radical (unpaired) electrons. The van der Waals surface area contributed by atoms with Gasteiger partial charge in [-0.1, -0.05) is 24.3 Å². The molecule has 0 bridgehead atoms. The minimum atomic E-state index is -3.70. The molecule has 3 aromatic rings. The van der Waals surface area contributed by atoms with E-state index < -0.39 is 10.0 Å². The first-order valence-electron chi connectivity index (χ1n) is 10.5. The van der Waals surface area contributed by atoms with Gasteiger partial charge in [-0.25, -0.2) is 13.1 Å². The summed E-state index contributed by atoms with van der Waals surface area (Å²) < 4.78 is 37.6. The molecule has 1 aromatic heterocycles. The topological polar surface area (TPSA) is 107 Å². The number of nitrogens with zero attached hydrogens (tertiary/aromatic N) is 1. The minimum Gasteiger partial charge on any atom is -0.495 e. The monoisotopic (exact) mass is 481 g/mol. The Morgan fingerprint density at radius 1 is 1.15 bits per heavy atom. The molecule has 3 rings (SSSR count). The van der Waals surface area contributed by atoms with Crippen LogP contribution in [0.5, 0.6) is 11.5 Å². The van der Waals surface area contributed by atoms with Crippen molar-refractivity contribution in [3.63, 3.8) is 0 Å². The van der Waals surface area contributed by atoms with Crippen molar-refractivity contribution in [2.45, 2.75) is 24.5 Å². The number of ether oxygens (including phenoxy) is 2. The molecule has 2 aromatic carbocycles. The Bertz CT molecular complexity index is 1240. The lowest BCUT2D eigenvalue weighted by Crippen LogP contribution is -2.24. The first-order chi connectivity index (χ1) is 16.3. The average molecular weight is 482 g/mol. The summed E-state index contributed by atoms with van der Waals surface area (Å²) >= 11 is 0. The fourth-order valence-electron chi connectivity index (χ4n) is 3.14. The summed E-state index contributed by atoms with van der Waals surface area (Å²) in [7, 11) is -0.982. The lowest BCUT2D eigenvalue weighted by atomic mass is 10.1. The molecule has 9 heteroatoms. The first-order valence-corrected chi connectivity index (χ1v) is 12.0. The third-order valence-electron chi connectivity index (χ3n) is 5.04. The van der Waals surface area contributed by atoms with E-state index >= 15 is 0 Å². The number of nitrogens with one attached hydrogen (secondary N) is 2. The Labute approximate surface area is 199 Å². The molecule has 34 heavy (non-hydrogen) atoms. The summed E-state index contributed by atoms with van der Waals surface area (Å²) in [5.41, 5.74) is 2.45. The van der Waals surface area contributed by atoms with Crippen molar-refractivity contribution in [1.29, 1.82) is 0 Å². The molecule has 0 aliphatic heterocycles. The molecule has 0 spiro atoms. The Hall–Kier alpha value is -3.69. The molecule has 1 amide bonds. The molecule has 0 saturated heterocycles. The molecule has 0 aliphatic rings. The molecule has 2 N–H and O–H groups in total. The maximum absolute atomic E-state index is 12.4. The third-order valence-corrected chi connectivity index (χ3v) is 6.48. The minimum absolute atomic E-state index is 0.000683. The molecule has 8 nitrogen and oxygen atoms in total. The summed E-state index contributed by atoms with van der Waals surface area (Å²) in [6.45, 7) is 2.30. The smallest absolute Gasteiger partial charge is 0.244 e. The van der Waals surface area contributed by atoms with Crippen molar-refractivity contribution in [3.8, 4) is 11.5 Å². The fourth-order valence-corrected chi connectivity index (χ4v) is 4.06. The lowest BCUT2D eigenvalue weighted by Gasteiger charge is -2.14. The van der Waals surface area contributed by atoms with Crippen molar-refractivity contribution in [2.75, 3.05) is 14.2 Å². The van der Waals surface area contributed by atoms with Gasteiger partial charge in [0, 0.05) is 24.0 Å². The molecular formula is C25H27N3O5S. The zero-order valence-electron chi connectivity index (χ0n) is 19.2. The maximum Gasteiger partial charge on any atom is 0.244 e. The van der Waals surface area contributed by atoms with Gasteiger partial charge >= 0.3 is 0 Å². The molecule has 0 saturated carbocycles. The average Bonchev–Trinajstić information content (AvgIpc) is 2.87. The van der Waals surface area contributed by atoms with Gasteiger partial charge in [0.2, 0.25) is 15.9 Å². The van der Waals surface area contributed by atoms with Crippen LogP contribution in [0.2, 0.25) is 0 Å². The van der Waals surface area contributed by atoms with E-state index in [0.717, 1.165) is 16.9 Å². The first kappa shape index (κ1) is 24.9. The maximum atomic E-state index is 12.4. The standard InChI is InChI=1S/C25H27N3O5S/c1-18(21-8-10-22(11-9-21)33-17-20-5-4-14-27-16-20)28-25(29)13-7-19-6-12-23(32-3)24(15-19)34(30,31)26-2/h4-16,18,26H,17H2,1-3H3,(H,28,29). The quantitative estimate of drug-likeness (QED) is 0.430. The van der Waals surface area contributed by atoms with Gasteiger partial charge in [0.25, 0.3) is 0 Å². The number of methoxy groups -OCH3 is 1. The molecule has 0 aliphatic carbocycles. The van der Waals surface area contributed by atoms with E-state index in [1.807, 2.05) is 43.3 Å². The van der Waals surface area contributed by atoms with E-state index in [1.54, 1.807) is 30.6 Å². The van der Waals surface area contributed by atoms with E-state index in [4.69, 9.17) is 9.47 Å². The highest BCUT2D eigenvalue weighted by atomic mass is 32.2. The Morgan fingerprint density at radius 2 is 1.91 bits per heavy atom. The highest BCUT2D eigenvalue weighted by Gasteiger charge is 2.17. The number of carbonyl (C=O) groups excluding carboxylic acids is 1. The Morgan fingerprint density at radius 3 is 2.56 bits per heavy atom. The number of hydrogen-bond donors (Lipinski definition) is 2. The number of sulfonamides is 1. The van der Waals surface area contributed by atoms with E-state index in [0.29, 0.717) is 12.2 Å². The molecule has 178 valence electrons. The number of hydrogen-bond acceptors (Lipinski definition) is 6. The van der Waals surface area contributed by atoms with Crippen LogP contribution in [0.3, 0.4) is 0 Å². The van der Waals surface area contributed by atoms with Gasteiger partial charge < -0.3 is 14.8 Å². The molecule has 0 fully saturated rings. The van der Waals surface area contributed by atoms with Gasteiger partial charge in [-0.05, 0) is 61.5 Å². The van der Waals surface area contributed by atoms with Gasteiger partial charge in [-0.15, -0.1) is 0 Å². The highest BCUT2D eigenvalue weighted by molar-refractivity contribution is 7.89. The number of aromatic nitrogens is 1. The van der Waals surface area contributed by atoms with E-state index in [1.165, 1.54) is 26.3 Å². The SMILES string of the molecule is CNS(=O)(=O)c1cc(C=CC(=O)NC(C)c2ccc(OCc3cccnc3)cc2)ccc1OC. The van der Waals surface area contributed by atoms with Crippen LogP contribution in [-0.4, -0.2) is 33.5 Å². The van der Waals surface area contributed by atoms with E-state index in [2.05, 4.69) is 15.0 Å². The summed E-state index contributed by atoms with van der Waals surface area (Å²) in [5.74, 6) is 0.633. The summed E-state index contributed by atoms with van der Waals surface area (Å²) in [6.07, 6.45) is 6.38. The van der Waals surface area contributed by atoms with Crippen LogP contribution < -0.4 is 19.5 Å². The lowest BCUT2D eigenvalue weighted by molar-refractivity contribution is -0.117. The van der Waals surface area contributed by atoms with Gasteiger partial charge in [-0.2, -0.15) is 0 Å². The Kier molecular flexibility index (Phi) is 8.39. The van der Waals surface area contributed by atoms with E-state index in [-0.39, 0.29) is 22.6 Å². The van der Waals surface area contributed by atoms with E-state index in [9.17, 15) is 13.2 Å². The molecule has 1 atom stereocenters. The summed E-state index contributed by atoms with van der Waals surface area (Å²) in [4.78, 5) is 16.5. The van der Waals surface area contributed by atoms with Crippen LogP contribution in [-0.2, 0) is 21.4 Å². The second-order valence-corrected chi connectivity index (χ2v) is 9.26. The summed E-state index contributed by atoms with van der Waals surface area (Å²) in [6, 6.07) is 15.7. The number of pyridine rings is 1. The van der Waals surface area contributed by atoms with Crippen LogP contribution in [0, 0.1) is 0 Å². The van der Waals surface area contributed by atoms with Crippen molar-refractivity contribution >= 4 is 22.0 Å². The number of amides is 1. The van der Waals surface area contributed by atoms with Crippen LogP contribution in [0.25, 0.3) is 6.08 Å². The fraction of sp³-hybridized carbons (Fsp3) is 0.200. The van der Waals surface area contributed by atoms with Gasteiger partial charge in [-0.3, -0.25) is 9.78 Å². The van der Waals surface area contributed by atoms with Crippen LogP contribution in [0.4, 0.5) is 0 Å². The normalized spacial score (nSPS) is 12.3. The van der Waals surface area contributed by atoms with Crippen LogP contribution in [0.1, 0.15) is 29.7 Å². The van der Waals surface area contributed by atoms with Gasteiger partial charge in [0.15, 0.2) is 0 Å². The number of carbonyl (C=O) groups is 1. The number of benzene rings is 2. The van der Waals surface area contributed by atoms with Crippen LogP contribution >= 0.6 is 0 Å². The number of rotatable bonds is 10. The molecule has 1 unspecified atom stereocenters. The van der Waals surface area contributed by atoms with Crippen molar-refractivity contribution in [1.82, 2.24) is 15.0 Å². The second kappa shape index (κ2) is 11.4. The largest absolute Gasteiger partial charge is 0.495 e.